The van der Waals surface area contributed by atoms with Gasteiger partial charge in [0.25, 0.3) is 0 Å². The standard InChI is InChI=1S/C31H42N4O5/c1-8-10-21(3)33-28(37)27(25-12-9-11-20(2)22(25)4)35(18-17-32)29(38)26(34-30(39)40-31(5,6)7)19-23-13-15-24(36)16-14-23/h9,11-16,21,26-27,36H,8,10,18-19H2,1-7H3,(H,33,37)(H,34,39). The van der Waals surface area contributed by atoms with Crippen molar-refractivity contribution in [2.75, 3.05) is 6.54 Å². The first-order valence-corrected chi connectivity index (χ1v) is 13.6. The van der Waals surface area contributed by atoms with E-state index in [0.717, 1.165) is 24.0 Å². The summed E-state index contributed by atoms with van der Waals surface area (Å²) in [5.74, 6) is -0.950. The third-order valence-electron chi connectivity index (χ3n) is 6.50. The lowest BCUT2D eigenvalue weighted by Crippen LogP contribution is -2.54. The Hall–Kier alpha value is -4.06. The van der Waals surface area contributed by atoms with E-state index < -0.39 is 35.6 Å². The molecule has 3 atom stereocenters. The van der Waals surface area contributed by atoms with Gasteiger partial charge in [0.1, 0.15) is 30.0 Å². The summed E-state index contributed by atoms with van der Waals surface area (Å²) in [5.41, 5.74) is 2.23. The fraction of sp³-hybridized carbons (Fsp3) is 0.484. The Morgan fingerprint density at radius 1 is 1.07 bits per heavy atom. The first-order chi connectivity index (χ1) is 18.8. The second-order valence-electron chi connectivity index (χ2n) is 11.1. The van der Waals surface area contributed by atoms with E-state index in [0.29, 0.717) is 11.1 Å². The topological polar surface area (TPSA) is 132 Å². The molecule has 0 heterocycles. The van der Waals surface area contributed by atoms with Gasteiger partial charge in [-0.3, -0.25) is 9.59 Å². The lowest BCUT2D eigenvalue weighted by atomic mass is 9.94. The molecule has 3 unspecified atom stereocenters. The number of carbonyl (C=O) groups is 3. The van der Waals surface area contributed by atoms with Crippen molar-refractivity contribution in [3.63, 3.8) is 0 Å². The predicted molar refractivity (Wildman–Crippen MR) is 153 cm³/mol. The molecule has 0 spiro atoms. The molecule has 0 aliphatic heterocycles. The highest BCUT2D eigenvalue weighted by molar-refractivity contribution is 5.92. The summed E-state index contributed by atoms with van der Waals surface area (Å²) in [6, 6.07) is 11.4. The molecule has 0 aromatic heterocycles. The quantitative estimate of drug-likeness (QED) is 0.343. The predicted octanol–water partition coefficient (Wildman–Crippen LogP) is 4.84. The highest BCUT2D eigenvalue weighted by atomic mass is 16.6. The average Bonchev–Trinajstić information content (AvgIpc) is 2.85. The van der Waals surface area contributed by atoms with Gasteiger partial charge in [0.15, 0.2) is 0 Å². The number of ether oxygens (including phenoxy) is 1. The number of nitrogens with zero attached hydrogens (tertiary/aromatic N) is 2. The minimum atomic E-state index is -1.15. The highest BCUT2D eigenvalue weighted by Gasteiger charge is 2.37. The van der Waals surface area contributed by atoms with Crippen molar-refractivity contribution in [1.82, 2.24) is 15.5 Å². The Kier molecular flexibility index (Phi) is 11.5. The molecule has 216 valence electrons. The van der Waals surface area contributed by atoms with Crippen LogP contribution in [0, 0.1) is 25.2 Å². The molecule has 0 saturated heterocycles. The zero-order chi connectivity index (χ0) is 30.0. The van der Waals surface area contributed by atoms with Crippen LogP contribution in [0.1, 0.15) is 75.8 Å². The molecule has 2 rings (SSSR count). The number of hydrogen-bond donors (Lipinski definition) is 3. The van der Waals surface area contributed by atoms with Crippen LogP contribution in [0.5, 0.6) is 5.75 Å². The molecule has 9 nitrogen and oxygen atoms in total. The van der Waals surface area contributed by atoms with Crippen molar-refractivity contribution in [1.29, 1.82) is 5.26 Å². The van der Waals surface area contributed by atoms with Crippen molar-refractivity contribution >= 4 is 17.9 Å². The fourth-order valence-electron chi connectivity index (χ4n) is 4.44. The first-order valence-electron chi connectivity index (χ1n) is 13.6. The molecule has 40 heavy (non-hydrogen) atoms. The fourth-order valence-corrected chi connectivity index (χ4v) is 4.44. The molecule has 9 heteroatoms. The lowest BCUT2D eigenvalue weighted by molar-refractivity contribution is -0.142. The van der Waals surface area contributed by atoms with E-state index in [2.05, 4.69) is 10.6 Å². The molecule has 0 radical (unpaired) electrons. The number of carbonyl (C=O) groups excluding carboxylic acids is 3. The summed E-state index contributed by atoms with van der Waals surface area (Å²) in [7, 11) is 0. The van der Waals surface area contributed by atoms with Gasteiger partial charge in [-0.1, -0.05) is 43.7 Å². The highest BCUT2D eigenvalue weighted by Crippen LogP contribution is 2.28. The van der Waals surface area contributed by atoms with Crippen LogP contribution in [0.4, 0.5) is 4.79 Å². The molecule has 2 aromatic rings. The van der Waals surface area contributed by atoms with Crippen LogP contribution >= 0.6 is 0 Å². The number of aromatic hydroxyl groups is 1. The second-order valence-corrected chi connectivity index (χ2v) is 11.1. The van der Waals surface area contributed by atoms with E-state index in [1.807, 2.05) is 45.9 Å². The summed E-state index contributed by atoms with van der Waals surface area (Å²) < 4.78 is 5.42. The van der Waals surface area contributed by atoms with E-state index in [-0.39, 0.29) is 24.8 Å². The van der Waals surface area contributed by atoms with E-state index >= 15 is 0 Å². The minimum absolute atomic E-state index is 0.0493. The molecular formula is C31H42N4O5. The number of hydrogen-bond acceptors (Lipinski definition) is 6. The van der Waals surface area contributed by atoms with Crippen LogP contribution < -0.4 is 10.6 Å². The molecule has 0 saturated carbocycles. The molecule has 3 amide bonds. The number of nitriles is 1. The number of benzene rings is 2. The first kappa shape index (κ1) is 32.2. The molecule has 2 aromatic carbocycles. The smallest absolute Gasteiger partial charge is 0.408 e. The maximum Gasteiger partial charge on any atom is 0.408 e. The van der Waals surface area contributed by atoms with E-state index in [1.54, 1.807) is 39.0 Å². The van der Waals surface area contributed by atoms with Crippen LogP contribution in [0.15, 0.2) is 42.5 Å². The zero-order valence-electron chi connectivity index (χ0n) is 24.6. The molecule has 0 aliphatic rings. The van der Waals surface area contributed by atoms with Crippen LogP contribution in [0.25, 0.3) is 0 Å². The molecule has 0 fully saturated rings. The third-order valence-corrected chi connectivity index (χ3v) is 6.50. The van der Waals surface area contributed by atoms with Gasteiger partial charge in [-0.25, -0.2) is 4.79 Å². The van der Waals surface area contributed by atoms with Crippen molar-refractivity contribution in [2.24, 2.45) is 0 Å². The number of nitrogens with one attached hydrogen (secondary N) is 2. The van der Waals surface area contributed by atoms with Crippen molar-refractivity contribution in [3.8, 4) is 11.8 Å². The van der Waals surface area contributed by atoms with Gasteiger partial charge in [-0.15, -0.1) is 0 Å². The monoisotopic (exact) mass is 550 g/mol. The summed E-state index contributed by atoms with van der Waals surface area (Å²) >= 11 is 0. The number of rotatable bonds is 11. The van der Waals surface area contributed by atoms with E-state index in [1.165, 1.54) is 17.0 Å². The molecule has 0 aliphatic carbocycles. The van der Waals surface area contributed by atoms with Crippen LogP contribution in [-0.2, 0) is 20.7 Å². The van der Waals surface area contributed by atoms with Gasteiger partial charge in [0.2, 0.25) is 11.8 Å². The lowest BCUT2D eigenvalue weighted by Gasteiger charge is -2.34. The van der Waals surface area contributed by atoms with Crippen LogP contribution in [-0.4, -0.2) is 52.1 Å². The Morgan fingerprint density at radius 3 is 2.30 bits per heavy atom. The molecule has 3 N–H and O–H groups in total. The second kappa shape index (κ2) is 14.4. The van der Waals surface area contributed by atoms with E-state index in [4.69, 9.17) is 4.74 Å². The largest absolute Gasteiger partial charge is 0.508 e. The van der Waals surface area contributed by atoms with Gasteiger partial charge in [0.05, 0.1) is 6.07 Å². The Labute approximate surface area is 237 Å². The van der Waals surface area contributed by atoms with Crippen molar-refractivity contribution < 1.29 is 24.2 Å². The third kappa shape index (κ3) is 9.30. The summed E-state index contributed by atoms with van der Waals surface area (Å²) in [6.45, 7) is 12.5. The van der Waals surface area contributed by atoms with Crippen molar-refractivity contribution in [2.45, 2.75) is 91.5 Å². The average molecular weight is 551 g/mol. The van der Waals surface area contributed by atoms with Gasteiger partial charge >= 0.3 is 6.09 Å². The maximum atomic E-state index is 14.2. The number of aryl methyl sites for hydroxylation is 1. The van der Waals surface area contributed by atoms with Gasteiger partial charge in [-0.05, 0) is 82.3 Å². The molecular weight excluding hydrogens is 508 g/mol. The van der Waals surface area contributed by atoms with Gasteiger partial charge in [0, 0.05) is 12.5 Å². The van der Waals surface area contributed by atoms with E-state index in [9.17, 15) is 24.8 Å². The van der Waals surface area contributed by atoms with Gasteiger partial charge in [-0.2, -0.15) is 5.26 Å². The minimum Gasteiger partial charge on any atom is -0.508 e. The number of amides is 3. The van der Waals surface area contributed by atoms with Crippen molar-refractivity contribution in [3.05, 3.63) is 64.7 Å². The summed E-state index contributed by atoms with van der Waals surface area (Å²) in [6.07, 6.45) is 0.866. The Morgan fingerprint density at radius 2 is 1.73 bits per heavy atom. The number of alkyl carbamates (subject to hydrolysis) is 1. The SMILES string of the molecule is CCCC(C)NC(=O)C(c1cccc(C)c1C)N(CC#N)C(=O)C(Cc1ccc(O)cc1)NC(=O)OC(C)(C)C. The summed E-state index contributed by atoms with van der Waals surface area (Å²) in [4.78, 5) is 42.0. The van der Waals surface area contributed by atoms with Crippen LogP contribution in [0.3, 0.4) is 0 Å². The van der Waals surface area contributed by atoms with Crippen LogP contribution in [0.2, 0.25) is 0 Å². The number of phenolic OH excluding ortho intramolecular Hbond substituents is 1. The maximum absolute atomic E-state index is 14.2. The van der Waals surface area contributed by atoms with Gasteiger partial charge < -0.3 is 25.4 Å². The zero-order valence-corrected chi connectivity index (χ0v) is 24.6. The summed E-state index contributed by atoms with van der Waals surface area (Å²) in [5, 5.41) is 25.1. The Bertz CT molecular complexity index is 1210. The normalized spacial score (nSPS) is 13.3. The Balaban J connectivity index is 2.59. The number of phenols is 1. The molecule has 0 bridgehead atoms.